The fourth-order valence-electron chi connectivity index (χ4n) is 3.03. The van der Waals surface area contributed by atoms with Crippen molar-refractivity contribution in [1.29, 1.82) is 0 Å². The minimum absolute atomic E-state index is 0.121. The topological polar surface area (TPSA) is 80.5 Å². The van der Waals surface area contributed by atoms with Crippen molar-refractivity contribution in [3.05, 3.63) is 47.4 Å². The minimum atomic E-state index is -0.121. The average molecular weight is 400 g/mol. The number of carbonyl (C=O) groups excluding carboxylic acids is 1. The molecule has 7 nitrogen and oxygen atoms in total. The number of fused-ring (bicyclic) bond motifs is 1. The maximum Gasteiger partial charge on any atom is 0.253 e. The largest absolute Gasteiger partial charge is 0.385 e. The van der Waals surface area contributed by atoms with Gasteiger partial charge in [-0.15, -0.1) is 0 Å². The van der Waals surface area contributed by atoms with Crippen LogP contribution in [-0.4, -0.2) is 46.6 Å². The standard InChI is InChI=1S/C20H22ClN5O2/c1-28-10-2-7-22-18-19-24-12-17(26(19)9-8-23-18)13-3-6-15(16(21)11-13)20(27)25-14-4-5-14/h3,6,8-9,11-12,14H,2,4-5,7,10H2,1H3,(H,22,23)(H,25,27). The second-order valence-corrected chi connectivity index (χ2v) is 7.24. The quantitative estimate of drug-likeness (QED) is 0.567. The molecule has 1 amide bonds. The molecule has 2 N–H and O–H groups in total. The summed E-state index contributed by atoms with van der Waals surface area (Å²) in [6, 6.07) is 5.76. The van der Waals surface area contributed by atoms with E-state index in [9.17, 15) is 4.79 Å². The number of rotatable bonds is 8. The first kappa shape index (κ1) is 18.7. The molecule has 1 aliphatic carbocycles. The second kappa shape index (κ2) is 8.16. The van der Waals surface area contributed by atoms with Crippen LogP contribution in [0.1, 0.15) is 29.6 Å². The Kier molecular flexibility index (Phi) is 5.45. The highest BCUT2D eigenvalue weighted by molar-refractivity contribution is 6.34. The van der Waals surface area contributed by atoms with Crippen molar-refractivity contribution < 1.29 is 9.53 Å². The molecule has 8 heteroatoms. The molecule has 0 radical (unpaired) electrons. The van der Waals surface area contributed by atoms with Gasteiger partial charge < -0.3 is 15.4 Å². The van der Waals surface area contributed by atoms with Crippen molar-refractivity contribution in [1.82, 2.24) is 19.7 Å². The van der Waals surface area contributed by atoms with Crippen LogP contribution in [0.4, 0.5) is 5.82 Å². The van der Waals surface area contributed by atoms with Gasteiger partial charge in [-0.25, -0.2) is 9.97 Å². The second-order valence-electron chi connectivity index (χ2n) is 6.83. The number of hydrogen-bond donors (Lipinski definition) is 2. The highest BCUT2D eigenvalue weighted by Crippen LogP contribution is 2.28. The van der Waals surface area contributed by atoms with Gasteiger partial charge >= 0.3 is 0 Å². The summed E-state index contributed by atoms with van der Waals surface area (Å²) in [4.78, 5) is 21.2. The van der Waals surface area contributed by atoms with Gasteiger partial charge in [-0.05, 0) is 31.4 Å². The Hall–Kier alpha value is -2.64. The molecule has 1 fully saturated rings. The molecule has 0 spiro atoms. The van der Waals surface area contributed by atoms with Gasteiger partial charge in [-0.2, -0.15) is 0 Å². The number of amides is 1. The fraction of sp³-hybridized carbons (Fsp3) is 0.350. The zero-order valence-corrected chi connectivity index (χ0v) is 16.4. The maximum absolute atomic E-state index is 12.3. The Balaban J connectivity index is 1.58. The SMILES string of the molecule is COCCCNc1nccn2c(-c3ccc(C(=O)NC4CC4)c(Cl)c3)cnc12. The number of carbonyl (C=O) groups is 1. The van der Waals surface area contributed by atoms with Crippen LogP contribution in [0.15, 0.2) is 36.8 Å². The Morgan fingerprint density at radius 3 is 2.96 bits per heavy atom. The molecule has 2 heterocycles. The van der Waals surface area contributed by atoms with Crippen LogP contribution in [0.3, 0.4) is 0 Å². The van der Waals surface area contributed by atoms with Crippen molar-refractivity contribution in [3.8, 4) is 11.3 Å². The van der Waals surface area contributed by atoms with Gasteiger partial charge in [-0.1, -0.05) is 17.7 Å². The van der Waals surface area contributed by atoms with E-state index in [0.29, 0.717) is 23.2 Å². The highest BCUT2D eigenvalue weighted by Gasteiger charge is 2.24. The van der Waals surface area contributed by atoms with Crippen LogP contribution in [0.25, 0.3) is 16.9 Å². The van der Waals surface area contributed by atoms with Crippen molar-refractivity contribution >= 4 is 29.0 Å². The number of anilines is 1. The number of ether oxygens (including phenoxy) is 1. The summed E-state index contributed by atoms with van der Waals surface area (Å²) in [6.07, 6.45) is 8.34. The Labute approximate surface area is 168 Å². The molecule has 0 aliphatic heterocycles. The van der Waals surface area contributed by atoms with Crippen molar-refractivity contribution in [2.75, 3.05) is 25.6 Å². The zero-order valence-electron chi connectivity index (χ0n) is 15.6. The molecule has 3 aromatic rings. The average Bonchev–Trinajstić information content (AvgIpc) is 3.39. The Morgan fingerprint density at radius 2 is 2.21 bits per heavy atom. The third-order valence-corrected chi connectivity index (χ3v) is 4.98. The van der Waals surface area contributed by atoms with Crippen molar-refractivity contribution in [2.45, 2.75) is 25.3 Å². The molecule has 2 aromatic heterocycles. The number of nitrogens with zero attached hydrogens (tertiary/aromatic N) is 3. The lowest BCUT2D eigenvalue weighted by atomic mass is 10.1. The molecule has 146 valence electrons. The van der Waals surface area contributed by atoms with E-state index in [1.54, 1.807) is 31.6 Å². The summed E-state index contributed by atoms with van der Waals surface area (Å²) in [5.41, 5.74) is 3.00. The van der Waals surface area contributed by atoms with E-state index < -0.39 is 0 Å². The number of nitrogens with one attached hydrogen (secondary N) is 2. The summed E-state index contributed by atoms with van der Waals surface area (Å²) in [7, 11) is 1.69. The molecule has 1 saturated carbocycles. The van der Waals surface area contributed by atoms with Gasteiger partial charge in [0.2, 0.25) is 0 Å². The first-order valence-electron chi connectivity index (χ1n) is 9.33. The number of halogens is 1. The molecule has 0 atom stereocenters. The third-order valence-electron chi connectivity index (χ3n) is 4.67. The van der Waals surface area contributed by atoms with Crippen LogP contribution >= 0.6 is 11.6 Å². The first-order chi connectivity index (χ1) is 13.7. The summed E-state index contributed by atoms with van der Waals surface area (Å²) in [5.74, 6) is 0.598. The van der Waals surface area contributed by atoms with E-state index in [1.165, 1.54) is 0 Å². The molecule has 1 aliphatic rings. The smallest absolute Gasteiger partial charge is 0.253 e. The van der Waals surface area contributed by atoms with Crippen molar-refractivity contribution in [3.63, 3.8) is 0 Å². The van der Waals surface area contributed by atoms with Gasteiger partial charge in [-0.3, -0.25) is 9.20 Å². The normalized spacial score (nSPS) is 13.6. The lowest BCUT2D eigenvalue weighted by molar-refractivity contribution is 0.0951. The van der Waals surface area contributed by atoms with Gasteiger partial charge in [0.1, 0.15) is 0 Å². The maximum atomic E-state index is 12.3. The van der Waals surface area contributed by atoms with E-state index in [1.807, 2.05) is 16.7 Å². The number of imidazole rings is 1. The van der Waals surface area contributed by atoms with Gasteiger partial charge in [0.25, 0.3) is 5.91 Å². The van der Waals surface area contributed by atoms with Crippen LogP contribution < -0.4 is 10.6 Å². The fourth-order valence-corrected chi connectivity index (χ4v) is 3.30. The van der Waals surface area contributed by atoms with E-state index in [2.05, 4.69) is 20.6 Å². The molecule has 0 unspecified atom stereocenters. The summed E-state index contributed by atoms with van der Waals surface area (Å²) < 4.78 is 7.03. The van der Waals surface area contributed by atoms with E-state index in [0.717, 1.165) is 48.5 Å². The van der Waals surface area contributed by atoms with Crippen LogP contribution in [0, 0.1) is 0 Å². The predicted octanol–water partition coefficient (Wildman–Crippen LogP) is 3.39. The molecular weight excluding hydrogens is 378 g/mol. The molecular formula is C20H22ClN5O2. The van der Waals surface area contributed by atoms with Gasteiger partial charge in [0.05, 0.1) is 22.5 Å². The summed E-state index contributed by atoms with van der Waals surface area (Å²) in [5, 5.41) is 6.69. The Bertz CT molecular complexity index is 999. The number of hydrogen-bond acceptors (Lipinski definition) is 5. The molecule has 1 aromatic carbocycles. The van der Waals surface area contributed by atoms with Gasteiger partial charge in [0.15, 0.2) is 11.5 Å². The number of benzene rings is 1. The minimum Gasteiger partial charge on any atom is -0.385 e. The highest BCUT2D eigenvalue weighted by atomic mass is 35.5. The first-order valence-corrected chi connectivity index (χ1v) is 9.71. The predicted molar refractivity (Wildman–Crippen MR) is 109 cm³/mol. The van der Waals surface area contributed by atoms with E-state index in [-0.39, 0.29) is 5.91 Å². The monoisotopic (exact) mass is 399 g/mol. The lowest BCUT2D eigenvalue weighted by Crippen LogP contribution is -2.25. The van der Waals surface area contributed by atoms with Crippen LogP contribution in [0.5, 0.6) is 0 Å². The van der Waals surface area contributed by atoms with Gasteiger partial charge in [0, 0.05) is 44.3 Å². The van der Waals surface area contributed by atoms with Crippen LogP contribution in [0.2, 0.25) is 5.02 Å². The van der Waals surface area contributed by atoms with E-state index >= 15 is 0 Å². The molecule has 28 heavy (non-hydrogen) atoms. The zero-order chi connectivity index (χ0) is 19.5. The van der Waals surface area contributed by atoms with Crippen LogP contribution in [-0.2, 0) is 4.74 Å². The molecule has 4 rings (SSSR count). The Morgan fingerprint density at radius 1 is 1.36 bits per heavy atom. The molecule has 0 bridgehead atoms. The third kappa shape index (κ3) is 3.95. The summed E-state index contributed by atoms with van der Waals surface area (Å²) >= 11 is 6.40. The van der Waals surface area contributed by atoms with Crippen molar-refractivity contribution in [2.24, 2.45) is 0 Å². The number of methoxy groups -OCH3 is 1. The van der Waals surface area contributed by atoms with E-state index in [4.69, 9.17) is 16.3 Å². The number of aromatic nitrogens is 3. The lowest BCUT2D eigenvalue weighted by Gasteiger charge is -2.09. The molecule has 0 saturated heterocycles. The summed E-state index contributed by atoms with van der Waals surface area (Å²) in [6.45, 7) is 1.44.